The molecule has 1 amide bonds. The van der Waals surface area contributed by atoms with Gasteiger partial charge in [0.2, 0.25) is 11.8 Å². The van der Waals surface area contributed by atoms with Crippen LogP contribution in [0.3, 0.4) is 0 Å². The van der Waals surface area contributed by atoms with Crippen LogP contribution in [0.1, 0.15) is 56.2 Å². The van der Waals surface area contributed by atoms with Crippen LogP contribution < -0.4 is 0 Å². The highest BCUT2D eigenvalue weighted by molar-refractivity contribution is 5.80. The minimum absolute atomic E-state index is 0.0856. The molecule has 2 atom stereocenters. The van der Waals surface area contributed by atoms with E-state index in [0.717, 1.165) is 37.6 Å². The molecule has 1 aliphatic heterocycles. The summed E-state index contributed by atoms with van der Waals surface area (Å²) in [6, 6.07) is -0.0856. The summed E-state index contributed by atoms with van der Waals surface area (Å²) in [6.45, 7) is 3.78. The number of likely N-dealkylation sites (N-methyl/N-ethyl adjacent to an activating group) is 1. The lowest BCUT2D eigenvalue weighted by atomic mass is 9.96. The SMILES string of the molecule is CC(C(=O)N(C)C)N1CCCC(c2noc(C3CC3)n2)C1. The summed E-state index contributed by atoms with van der Waals surface area (Å²) >= 11 is 0. The van der Waals surface area contributed by atoms with E-state index in [0.29, 0.717) is 5.92 Å². The fourth-order valence-electron chi connectivity index (χ4n) is 3.01. The van der Waals surface area contributed by atoms with Crippen molar-refractivity contribution in [2.75, 3.05) is 27.2 Å². The number of aromatic nitrogens is 2. The Kier molecular flexibility index (Phi) is 3.97. The first-order valence-electron chi connectivity index (χ1n) is 7.85. The summed E-state index contributed by atoms with van der Waals surface area (Å²) < 4.78 is 5.37. The summed E-state index contributed by atoms with van der Waals surface area (Å²) in [6.07, 6.45) is 4.49. The molecule has 1 aromatic rings. The second kappa shape index (κ2) is 5.75. The minimum Gasteiger partial charge on any atom is -0.347 e. The molecule has 0 spiro atoms. The molecule has 0 radical (unpaired) electrons. The van der Waals surface area contributed by atoms with Gasteiger partial charge in [0.1, 0.15) is 0 Å². The number of hydrogen-bond donors (Lipinski definition) is 0. The second-order valence-corrected chi connectivity index (χ2v) is 6.51. The van der Waals surface area contributed by atoms with Crippen LogP contribution in [-0.4, -0.2) is 59.1 Å². The van der Waals surface area contributed by atoms with Crippen LogP contribution in [0.15, 0.2) is 4.52 Å². The van der Waals surface area contributed by atoms with Gasteiger partial charge < -0.3 is 9.42 Å². The van der Waals surface area contributed by atoms with E-state index in [1.54, 1.807) is 19.0 Å². The summed E-state index contributed by atoms with van der Waals surface area (Å²) in [5, 5.41) is 4.17. The van der Waals surface area contributed by atoms with Crippen LogP contribution in [0.4, 0.5) is 0 Å². The van der Waals surface area contributed by atoms with Crippen molar-refractivity contribution in [3.05, 3.63) is 11.7 Å². The molecule has 2 fully saturated rings. The highest BCUT2D eigenvalue weighted by Gasteiger charge is 2.33. The van der Waals surface area contributed by atoms with Gasteiger partial charge in [0, 0.05) is 32.5 Å². The molecule has 1 saturated carbocycles. The van der Waals surface area contributed by atoms with E-state index in [-0.39, 0.29) is 17.9 Å². The molecule has 1 aliphatic carbocycles. The summed E-state index contributed by atoms with van der Waals surface area (Å²) in [5.41, 5.74) is 0. The second-order valence-electron chi connectivity index (χ2n) is 6.51. The summed E-state index contributed by atoms with van der Waals surface area (Å²) in [5.74, 6) is 2.57. The Bertz CT molecular complexity index is 510. The molecule has 2 unspecified atom stereocenters. The lowest BCUT2D eigenvalue weighted by Crippen LogP contribution is -2.48. The Morgan fingerprint density at radius 3 is 2.76 bits per heavy atom. The fourth-order valence-corrected chi connectivity index (χ4v) is 3.01. The van der Waals surface area contributed by atoms with Crippen molar-refractivity contribution >= 4 is 5.91 Å². The first-order valence-corrected chi connectivity index (χ1v) is 7.85. The summed E-state index contributed by atoms with van der Waals surface area (Å²) in [7, 11) is 3.61. The largest absolute Gasteiger partial charge is 0.347 e. The molecular formula is C15H24N4O2. The van der Waals surface area contributed by atoms with Crippen LogP contribution in [0.2, 0.25) is 0 Å². The van der Waals surface area contributed by atoms with E-state index in [2.05, 4.69) is 15.0 Å². The van der Waals surface area contributed by atoms with Crippen LogP contribution in [0.25, 0.3) is 0 Å². The summed E-state index contributed by atoms with van der Waals surface area (Å²) in [4.78, 5) is 20.6. The van der Waals surface area contributed by atoms with Gasteiger partial charge in [0.05, 0.1) is 6.04 Å². The van der Waals surface area contributed by atoms with Gasteiger partial charge in [-0.25, -0.2) is 0 Å². The zero-order chi connectivity index (χ0) is 15.0. The number of amides is 1. The maximum absolute atomic E-state index is 12.1. The predicted molar refractivity (Wildman–Crippen MR) is 78.0 cm³/mol. The third-order valence-corrected chi connectivity index (χ3v) is 4.55. The van der Waals surface area contributed by atoms with Crippen molar-refractivity contribution < 1.29 is 9.32 Å². The van der Waals surface area contributed by atoms with Crippen molar-refractivity contribution in [3.63, 3.8) is 0 Å². The highest BCUT2D eigenvalue weighted by atomic mass is 16.5. The molecule has 2 aliphatic rings. The van der Waals surface area contributed by atoms with E-state index in [1.165, 1.54) is 12.8 Å². The number of piperidine rings is 1. The van der Waals surface area contributed by atoms with Gasteiger partial charge in [-0.3, -0.25) is 9.69 Å². The van der Waals surface area contributed by atoms with Crippen molar-refractivity contribution in [1.82, 2.24) is 19.9 Å². The van der Waals surface area contributed by atoms with E-state index in [1.807, 2.05) is 6.92 Å². The predicted octanol–water partition coefficient (Wildman–Crippen LogP) is 1.60. The van der Waals surface area contributed by atoms with Gasteiger partial charge in [-0.05, 0) is 39.2 Å². The van der Waals surface area contributed by atoms with E-state index >= 15 is 0 Å². The molecule has 1 saturated heterocycles. The van der Waals surface area contributed by atoms with E-state index in [9.17, 15) is 4.79 Å². The average molecular weight is 292 g/mol. The number of nitrogens with zero attached hydrogens (tertiary/aromatic N) is 4. The van der Waals surface area contributed by atoms with Gasteiger partial charge in [-0.2, -0.15) is 4.98 Å². The molecule has 1 aromatic heterocycles. The number of likely N-dealkylation sites (tertiary alicyclic amines) is 1. The standard InChI is InChI=1S/C15H24N4O2/c1-10(15(20)18(2)3)19-8-4-5-12(9-19)13-16-14(21-17-13)11-6-7-11/h10-12H,4-9H2,1-3H3. The third kappa shape index (κ3) is 3.10. The fraction of sp³-hybridized carbons (Fsp3) is 0.800. The third-order valence-electron chi connectivity index (χ3n) is 4.55. The zero-order valence-electron chi connectivity index (χ0n) is 13.1. The van der Waals surface area contributed by atoms with Gasteiger partial charge in [0.15, 0.2) is 5.82 Å². The molecular weight excluding hydrogens is 268 g/mol. The number of rotatable bonds is 4. The first kappa shape index (κ1) is 14.5. The van der Waals surface area contributed by atoms with Crippen molar-refractivity contribution in [3.8, 4) is 0 Å². The highest BCUT2D eigenvalue weighted by Crippen LogP contribution is 2.39. The molecule has 3 rings (SSSR count). The first-order chi connectivity index (χ1) is 10.1. The molecule has 116 valence electrons. The monoisotopic (exact) mass is 292 g/mol. The average Bonchev–Trinajstić information content (AvgIpc) is 3.23. The maximum atomic E-state index is 12.1. The maximum Gasteiger partial charge on any atom is 0.239 e. The molecule has 0 N–H and O–H groups in total. The van der Waals surface area contributed by atoms with E-state index in [4.69, 9.17) is 4.52 Å². The number of hydrogen-bond acceptors (Lipinski definition) is 5. The molecule has 0 bridgehead atoms. The Morgan fingerprint density at radius 2 is 2.10 bits per heavy atom. The zero-order valence-corrected chi connectivity index (χ0v) is 13.1. The Labute approximate surface area is 125 Å². The molecule has 6 heteroatoms. The topological polar surface area (TPSA) is 62.5 Å². The van der Waals surface area contributed by atoms with Crippen LogP contribution in [0, 0.1) is 0 Å². The minimum atomic E-state index is -0.0856. The van der Waals surface area contributed by atoms with Gasteiger partial charge in [-0.15, -0.1) is 0 Å². The smallest absolute Gasteiger partial charge is 0.239 e. The molecule has 2 heterocycles. The van der Waals surface area contributed by atoms with Gasteiger partial charge in [0.25, 0.3) is 0 Å². The Morgan fingerprint density at radius 1 is 1.33 bits per heavy atom. The van der Waals surface area contributed by atoms with Crippen molar-refractivity contribution in [2.24, 2.45) is 0 Å². The van der Waals surface area contributed by atoms with Gasteiger partial charge in [-0.1, -0.05) is 5.16 Å². The normalized spacial score (nSPS) is 24.8. The number of carbonyl (C=O) groups excluding carboxylic acids is 1. The quantitative estimate of drug-likeness (QED) is 0.843. The molecule has 0 aromatic carbocycles. The van der Waals surface area contributed by atoms with Gasteiger partial charge >= 0.3 is 0 Å². The van der Waals surface area contributed by atoms with Crippen LogP contribution in [-0.2, 0) is 4.79 Å². The van der Waals surface area contributed by atoms with Crippen LogP contribution in [0.5, 0.6) is 0 Å². The lowest BCUT2D eigenvalue weighted by Gasteiger charge is -2.35. The van der Waals surface area contributed by atoms with Crippen molar-refractivity contribution in [2.45, 2.75) is 50.5 Å². The molecule has 21 heavy (non-hydrogen) atoms. The number of carbonyl (C=O) groups is 1. The molecule has 6 nitrogen and oxygen atoms in total. The van der Waals surface area contributed by atoms with E-state index < -0.39 is 0 Å². The Hall–Kier alpha value is -1.43. The lowest BCUT2D eigenvalue weighted by molar-refractivity contribution is -0.134. The van der Waals surface area contributed by atoms with Crippen LogP contribution >= 0.6 is 0 Å². The Balaban J connectivity index is 1.65. The van der Waals surface area contributed by atoms with Crippen molar-refractivity contribution in [1.29, 1.82) is 0 Å².